The van der Waals surface area contributed by atoms with Crippen molar-refractivity contribution in [2.75, 3.05) is 24.5 Å². The van der Waals surface area contributed by atoms with Crippen molar-refractivity contribution in [3.8, 4) is 0 Å². The number of piperazine rings is 1. The van der Waals surface area contributed by atoms with E-state index in [0.29, 0.717) is 12.6 Å². The fraction of sp³-hybridized carbons (Fsp3) is 0.625. The van der Waals surface area contributed by atoms with Crippen LogP contribution in [0.2, 0.25) is 0 Å². The Hall–Kier alpha value is -1.23. The van der Waals surface area contributed by atoms with Crippen LogP contribution in [-0.4, -0.2) is 36.6 Å². The molecule has 5 heteroatoms. The van der Waals surface area contributed by atoms with Gasteiger partial charge in [-0.2, -0.15) is 0 Å². The van der Waals surface area contributed by atoms with Crippen molar-refractivity contribution in [2.24, 2.45) is 0 Å². The summed E-state index contributed by atoms with van der Waals surface area (Å²) in [6.45, 7) is 4.72. The summed E-state index contributed by atoms with van der Waals surface area (Å²) in [5.41, 5.74) is 0.200. The van der Waals surface area contributed by atoms with Crippen LogP contribution in [0.3, 0.4) is 0 Å². The first-order chi connectivity index (χ1) is 10.1. The van der Waals surface area contributed by atoms with Gasteiger partial charge in [0.05, 0.1) is 5.69 Å². The molecule has 0 N–H and O–H groups in total. The first kappa shape index (κ1) is 14.7. The fourth-order valence-corrected chi connectivity index (χ4v) is 3.63. The molecule has 2 unspecified atom stereocenters. The highest BCUT2D eigenvalue weighted by molar-refractivity contribution is 5.50. The van der Waals surface area contributed by atoms with Crippen LogP contribution < -0.4 is 4.90 Å². The largest absolute Gasteiger partial charge is 0.363 e. The number of halogens is 3. The van der Waals surface area contributed by atoms with Crippen molar-refractivity contribution >= 4 is 5.69 Å². The van der Waals surface area contributed by atoms with Crippen LogP contribution in [0.25, 0.3) is 0 Å². The quantitative estimate of drug-likeness (QED) is 0.770. The molecule has 2 aliphatic heterocycles. The molecule has 1 aromatic rings. The molecular weight excluding hydrogens is 277 g/mol. The van der Waals surface area contributed by atoms with E-state index >= 15 is 0 Å². The van der Waals surface area contributed by atoms with Crippen LogP contribution in [0.4, 0.5) is 18.9 Å². The second kappa shape index (κ2) is 5.87. The van der Waals surface area contributed by atoms with Gasteiger partial charge < -0.3 is 4.90 Å². The monoisotopic (exact) mass is 298 g/mol. The van der Waals surface area contributed by atoms with E-state index in [0.717, 1.165) is 32.0 Å². The third kappa shape index (κ3) is 2.63. The number of hydrogen-bond donors (Lipinski definition) is 0. The molecule has 0 aliphatic carbocycles. The number of piperidine rings is 1. The Bertz CT molecular complexity index is 520. The van der Waals surface area contributed by atoms with Crippen LogP contribution in [0.5, 0.6) is 0 Å². The molecule has 3 rings (SSSR count). The van der Waals surface area contributed by atoms with Crippen LogP contribution in [-0.2, 0) is 0 Å². The average Bonchev–Trinajstić information content (AvgIpc) is 2.51. The summed E-state index contributed by atoms with van der Waals surface area (Å²) in [6.07, 6.45) is 4.36. The number of nitrogens with zero attached hydrogens (tertiary/aromatic N) is 2. The van der Waals surface area contributed by atoms with Crippen molar-refractivity contribution in [3.63, 3.8) is 0 Å². The molecule has 0 amide bonds. The maximum Gasteiger partial charge on any atom is 0.196 e. The number of hydrogen-bond acceptors (Lipinski definition) is 2. The summed E-state index contributed by atoms with van der Waals surface area (Å²) in [4.78, 5) is 4.40. The van der Waals surface area contributed by atoms with Gasteiger partial charge in [0, 0.05) is 25.2 Å². The lowest BCUT2D eigenvalue weighted by Gasteiger charge is -2.49. The molecule has 2 atom stereocenters. The van der Waals surface area contributed by atoms with Crippen LogP contribution >= 0.6 is 0 Å². The zero-order chi connectivity index (χ0) is 15.0. The molecule has 2 nitrogen and oxygen atoms in total. The molecule has 2 saturated heterocycles. The third-order valence-corrected chi connectivity index (χ3v) is 4.84. The standard InChI is InChI=1S/C16H21F3N2/c1-2-11-9-20-8-4-3-5-12(20)10-21(11)14-7-6-13(17)15(18)16(14)19/h6-7,11-12H,2-5,8-10H2,1H3. The Balaban J connectivity index is 1.90. The fourth-order valence-electron chi connectivity index (χ4n) is 3.63. The lowest BCUT2D eigenvalue weighted by atomic mass is 9.95. The van der Waals surface area contributed by atoms with Crippen molar-refractivity contribution in [1.82, 2.24) is 4.90 Å². The van der Waals surface area contributed by atoms with E-state index in [2.05, 4.69) is 11.8 Å². The Morgan fingerprint density at radius 2 is 1.90 bits per heavy atom. The minimum absolute atomic E-state index is 0.152. The Labute approximate surface area is 123 Å². The first-order valence-electron chi connectivity index (χ1n) is 7.76. The molecule has 0 aromatic heterocycles. The van der Waals surface area contributed by atoms with Crippen molar-refractivity contribution in [2.45, 2.75) is 44.7 Å². The predicted octanol–water partition coefficient (Wildman–Crippen LogP) is 3.56. The van der Waals surface area contributed by atoms with Gasteiger partial charge in [0.25, 0.3) is 0 Å². The molecule has 0 saturated carbocycles. The summed E-state index contributed by atoms with van der Waals surface area (Å²) < 4.78 is 40.8. The van der Waals surface area contributed by atoms with Gasteiger partial charge in [-0.3, -0.25) is 4.90 Å². The summed E-state index contributed by atoms with van der Waals surface area (Å²) in [5.74, 6) is -3.55. The van der Waals surface area contributed by atoms with Gasteiger partial charge in [-0.15, -0.1) is 0 Å². The maximum atomic E-state index is 14.1. The van der Waals surface area contributed by atoms with Gasteiger partial charge >= 0.3 is 0 Å². The van der Waals surface area contributed by atoms with E-state index in [1.807, 2.05) is 4.90 Å². The molecule has 0 bridgehead atoms. The molecule has 21 heavy (non-hydrogen) atoms. The highest BCUT2D eigenvalue weighted by Crippen LogP contribution is 2.32. The predicted molar refractivity (Wildman–Crippen MR) is 77.0 cm³/mol. The molecule has 1 aromatic carbocycles. The van der Waals surface area contributed by atoms with Gasteiger partial charge in [0.15, 0.2) is 17.5 Å². The smallest absolute Gasteiger partial charge is 0.196 e. The molecular formula is C16H21F3N2. The lowest BCUT2D eigenvalue weighted by molar-refractivity contribution is 0.110. The topological polar surface area (TPSA) is 6.48 Å². The van der Waals surface area contributed by atoms with E-state index in [9.17, 15) is 13.2 Å². The molecule has 2 heterocycles. The van der Waals surface area contributed by atoms with Crippen LogP contribution in [0, 0.1) is 17.5 Å². The summed E-state index contributed by atoms with van der Waals surface area (Å²) >= 11 is 0. The normalized spacial score (nSPS) is 26.8. The van der Waals surface area contributed by atoms with Gasteiger partial charge in [0.1, 0.15) is 0 Å². The van der Waals surface area contributed by atoms with Crippen molar-refractivity contribution in [1.29, 1.82) is 0 Å². The van der Waals surface area contributed by atoms with Gasteiger partial charge in [0.2, 0.25) is 0 Å². The zero-order valence-corrected chi connectivity index (χ0v) is 12.3. The molecule has 2 fully saturated rings. The van der Waals surface area contributed by atoms with Crippen molar-refractivity contribution < 1.29 is 13.2 Å². The average molecular weight is 298 g/mol. The molecule has 0 radical (unpaired) electrons. The minimum atomic E-state index is -1.37. The van der Waals surface area contributed by atoms with E-state index in [4.69, 9.17) is 0 Å². The second-order valence-electron chi connectivity index (χ2n) is 6.05. The highest BCUT2D eigenvalue weighted by atomic mass is 19.2. The van der Waals surface area contributed by atoms with Crippen molar-refractivity contribution in [3.05, 3.63) is 29.6 Å². The third-order valence-electron chi connectivity index (χ3n) is 4.84. The van der Waals surface area contributed by atoms with Gasteiger partial charge in [-0.05, 0) is 37.9 Å². The van der Waals surface area contributed by atoms with Crippen LogP contribution in [0.1, 0.15) is 32.6 Å². The van der Waals surface area contributed by atoms with Crippen LogP contribution in [0.15, 0.2) is 12.1 Å². The van der Waals surface area contributed by atoms with Gasteiger partial charge in [-0.25, -0.2) is 13.2 Å². The Morgan fingerprint density at radius 3 is 2.67 bits per heavy atom. The first-order valence-corrected chi connectivity index (χ1v) is 7.76. The van der Waals surface area contributed by atoms with E-state index < -0.39 is 17.5 Å². The second-order valence-corrected chi connectivity index (χ2v) is 6.05. The highest BCUT2D eigenvalue weighted by Gasteiger charge is 2.35. The SMILES string of the molecule is CCC1CN2CCCCC2CN1c1ccc(F)c(F)c1F. The Morgan fingerprint density at radius 1 is 1.10 bits per heavy atom. The van der Waals surface area contributed by atoms with E-state index in [1.165, 1.54) is 18.9 Å². The van der Waals surface area contributed by atoms with Gasteiger partial charge in [-0.1, -0.05) is 13.3 Å². The van der Waals surface area contributed by atoms with E-state index in [1.54, 1.807) is 0 Å². The summed E-state index contributed by atoms with van der Waals surface area (Å²) in [5, 5.41) is 0. The molecule has 2 aliphatic rings. The Kier molecular flexibility index (Phi) is 4.11. The summed E-state index contributed by atoms with van der Waals surface area (Å²) in [6, 6.07) is 2.94. The number of fused-ring (bicyclic) bond motifs is 1. The summed E-state index contributed by atoms with van der Waals surface area (Å²) in [7, 11) is 0. The molecule has 116 valence electrons. The zero-order valence-electron chi connectivity index (χ0n) is 12.3. The maximum absolute atomic E-state index is 14.1. The molecule has 0 spiro atoms. The minimum Gasteiger partial charge on any atom is -0.363 e. The number of benzene rings is 1. The number of anilines is 1. The number of rotatable bonds is 2. The van der Waals surface area contributed by atoms with E-state index in [-0.39, 0.29) is 11.7 Å². The lowest BCUT2D eigenvalue weighted by Crippen LogP contribution is -2.59.